The molecule has 0 N–H and O–H groups in total. The molecule has 0 aromatic carbocycles. The average molecular weight is 295 g/mol. The van der Waals surface area contributed by atoms with Crippen LogP contribution in [0.25, 0.3) is 0 Å². The van der Waals surface area contributed by atoms with Crippen molar-refractivity contribution in [1.82, 2.24) is 14.8 Å². The lowest BCUT2D eigenvalue weighted by atomic mass is 9.99. The van der Waals surface area contributed by atoms with Gasteiger partial charge in [-0.2, -0.15) is 0 Å². The smallest absolute Gasteiger partial charge is 0.0795 e. The highest BCUT2D eigenvalue weighted by Gasteiger charge is 2.23. The number of piperidine rings is 1. The van der Waals surface area contributed by atoms with Crippen LogP contribution >= 0.6 is 11.3 Å². The van der Waals surface area contributed by atoms with E-state index in [9.17, 15) is 0 Å². The van der Waals surface area contributed by atoms with Crippen LogP contribution in [0.3, 0.4) is 0 Å². The van der Waals surface area contributed by atoms with Gasteiger partial charge in [0.05, 0.1) is 24.4 Å². The topological polar surface area (TPSA) is 28.6 Å². The maximum Gasteiger partial charge on any atom is 0.0795 e. The van der Waals surface area contributed by atoms with Gasteiger partial charge in [0, 0.05) is 31.1 Å². The molecule has 2 saturated heterocycles. The number of likely N-dealkylation sites (tertiary alicyclic amines) is 1. The third kappa shape index (κ3) is 4.01. The Bertz CT molecular complexity index is 378. The summed E-state index contributed by atoms with van der Waals surface area (Å²) < 4.78 is 5.42. The van der Waals surface area contributed by atoms with Gasteiger partial charge in [-0.15, -0.1) is 11.3 Å². The number of hydrogen-bond acceptors (Lipinski definition) is 5. The van der Waals surface area contributed by atoms with Gasteiger partial charge in [0.15, 0.2) is 0 Å². The number of nitrogens with zero attached hydrogens (tertiary/aromatic N) is 3. The molecule has 0 saturated carbocycles. The molecule has 0 amide bonds. The number of ether oxygens (including phenoxy) is 1. The van der Waals surface area contributed by atoms with Gasteiger partial charge in [-0.3, -0.25) is 9.80 Å². The van der Waals surface area contributed by atoms with Crippen LogP contribution in [0.4, 0.5) is 0 Å². The van der Waals surface area contributed by atoms with Crippen molar-refractivity contribution in [3.8, 4) is 0 Å². The number of rotatable bonds is 5. The van der Waals surface area contributed by atoms with E-state index in [1.54, 1.807) is 11.3 Å². The van der Waals surface area contributed by atoms with E-state index >= 15 is 0 Å². The molecule has 5 heteroatoms. The van der Waals surface area contributed by atoms with Crippen LogP contribution in [0, 0.1) is 0 Å². The van der Waals surface area contributed by atoms with E-state index in [1.165, 1.54) is 44.5 Å². The molecule has 0 radical (unpaired) electrons. The van der Waals surface area contributed by atoms with E-state index in [0.717, 1.165) is 38.9 Å². The van der Waals surface area contributed by atoms with Crippen LogP contribution < -0.4 is 0 Å². The summed E-state index contributed by atoms with van der Waals surface area (Å²) in [5, 5.41) is 2.19. The summed E-state index contributed by atoms with van der Waals surface area (Å²) in [5.74, 6) is 0. The molecular formula is C15H25N3OS. The molecule has 1 aromatic heterocycles. The van der Waals surface area contributed by atoms with E-state index in [-0.39, 0.29) is 0 Å². The zero-order valence-electron chi connectivity index (χ0n) is 12.2. The molecule has 2 aliphatic heterocycles. The predicted octanol–water partition coefficient (Wildman–Crippen LogP) is 2.22. The lowest BCUT2D eigenvalue weighted by Crippen LogP contribution is -2.43. The zero-order chi connectivity index (χ0) is 13.6. The van der Waals surface area contributed by atoms with Crippen molar-refractivity contribution in [2.24, 2.45) is 0 Å². The summed E-state index contributed by atoms with van der Waals surface area (Å²) in [6, 6.07) is 0.744. The Kier molecular flexibility index (Phi) is 5.42. The minimum absolute atomic E-state index is 0.744. The normalized spacial score (nSPS) is 25.9. The largest absolute Gasteiger partial charge is 0.379 e. The van der Waals surface area contributed by atoms with Gasteiger partial charge in [-0.1, -0.05) is 6.42 Å². The summed E-state index contributed by atoms with van der Waals surface area (Å²) in [6.45, 7) is 7.54. The van der Waals surface area contributed by atoms with Gasteiger partial charge in [-0.05, 0) is 32.4 Å². The first-order chi connectivity index (χ1) is 9.92. The molecule has 112 valence electrons. The lowest BCUT2D eigenvalue weighted by Gasteiger charge is -2.37. The second-order valence-corrected chi connectivity index (χ2v) is 6.56. The number of morpholine rings is 1. The standard InChI is InChI=1S/C15H25N3OS/c1-2-5-18(11-14-12-20-13-16-14)15(3-1)4-6-17-7-9-19-10-8-17/h12-13,15H,1-11H2. The molecule has 0 aliphatic carbocycles. The van der Waals surface area contributed by atoms with Crippen LogP contribution in [-0.4, -0.2) is 60.2 Å². The molecule has 0 spiro atoms. The molecule has 2 aliphatic rings. The second-order valence-electron chi connectivity index (χ2n) is 5.84. The highest BCUT2D eigenvalue weighted by Crippen LogP contribution is 2.22. The van der Waals surface area contributed by atoms with Crippen molar-refractivity contribution in [2.45, 2.75) is 38.3 Å². The Morgan fingerprint density at radius 1 is 1.25 bits per heavy atom. The minimum atomic E-state index is 0.744. The van der Waals surface area contributed by atoms with Crippen molar-refractivity contribution in [1.29, 1.82) is 0 Å². The van der Waals surface area contributed by atoms with Crippen molar-refractivity contribution in [3.63, 3.8) is 0 Å². The van der Waals surface area contributed by atoms with Gasteiger partial charge >= 0.3 is 0 Å². The van der Waals surface area contributed by atoms with Crippen LogP contribution in [0.15, 0.2) is 10.9 Å². The van der Waals surface area contributed by atoms with Crippen LogP contribution in [0.1, 0.15) is 31.4 Å². The fourth-order valence-electron chi connectivity index (χ4n) is 3.28. The van der Waals surface area contributed by atoms with E-state index in [1.807, 2.05) is 5.51 Å². The Balaban J connectivity index is 1.49. The summed E-state index contributed by atoms with van der Waals surface area (Å²) in [7, 11) is 0. The lowest BCUT2D eigenvalue weighted by molar-refractivity contribution is 0.0301. The summed E-state index contributed by atoms with van der Waals surface area (Å²) >= 11 is 1.71. The molecule has 20 heavy (non-hydrogen) atoms. The highest BCUT2D eigenvalue weighted by atomic mass is 32.1. The molecule has 0 bridgehead atoms. The molecular weight excluding hydrogens is 270 g/mol. The minimum Gasteiger partial charge on any atom is -0.379 e. The highest BCUT2D eigenvalue weighted by molar-refractivity contribution is 7.07. The van der Waals surface area contributed by atoms with Crippen molar-refractivity contribution in [2.75, 3.05) is 39.4 Å². The fourth-order valence-corrected chi connectivity index (χ4v) is 3.82. The first-order valence-corrected chi connectivity index (χ1v) is 8.77. The Morgan fingerprint density at radius 2 is 2.15 bits per heavy atom. The molecule has 3 rings (SSSR count). The number of aromatic nitrogens is 1. The maximum absolute atomic E-state index is 5.42. The zero-order valence-corrected chi connectivity index (χ0v) is 13.0. The first kappa shape index (κ1) is 14.4. The molecule has 1 aromatic rings. The first-order valence-electron chi connectivity index (χ1n) is 7.83. The van der Waals surface area contributed by atoms with E-state index < -0.39 is 0 Å². The van der Waals surface area contributed by atoms with Crippen LogP contribution in [-0.2, 0) is 11.3 Å². The van der Waals surface area contributed by atoms with Crippen LogP contribution in [0.2, 0.25) is 0 Å². The van der Waals surface area contributed by atoms with Gasteiger partial charge in [0.1, 0.15) is 0 Å². The van der Waals surface area contributed by atoms with E-state index in [2.05, 4.69) is 20.2 Å². The van der Waals surface area contributed by atoms with E-state index in [0.29, 0.717) is 0 Å². The van der Waals surface area contributed by atoms with Crippen molar-refractivity contribution < 1.29 is 4.74 Å². The Labute approximate surface area is 125 Å². The Hall–Kier alpha value is -0.490. The SMILES string of the molecule is c1nc(CN2CCCCC2CCN2CCOCC2)cs1. The van der Waals surface area contributed by atoms with Gasteiger partial charge in [-0.25, -0.2) is 4.98 Å². The van der Waals surface area contributed by atoms with E-state index in [4.69, 9.17) is 4.74 Å². The third-order valence-corrected chi connectivity index (χ3v) is 5.12. The van der Waals surface area contributed by atoms with Gasteiger partial charge in [0.2, 0.25) is 0 Å². The average Bonchev–Trinajstić information content (AvgIpc) is 3.00. The molecule has 3 heterocycles. The Morgan fingerprint density at radius 3 is 2.95 bits per heavy atom. The summed E-state index contributed by atoms with van der Waals surface area (Å²) in [6.07, 6.45) is 5.39. The van der Waals surface area contributed by atoms with Crippen molar-refractivity contribution >= 4 is 11.3 Å². The third-order valence-electron chi connectivity index (χ3n) is 4.48. The molecule has 1 unspecified atom stereocenters. The monoisotopic (exact) mass is 295 g/mol. The molecule has 4 nitrogen and oxygen atoms in total. The number of thiazole rings is 1. The van der Waals surface area contributed by atoms with Crippen LogP contribution in [0.5, 0.6) is 0 Å². The summed E-state index contributed by atoms with van der Waals surface area (Å²) in [4.78, 5) is 9.65. The second kappa shape index (κ2) is 7.50. The fraction of sp³-hybridized carbons (Fsp3) is 0.800. The molecule has 1 atom stereocenters. The predicted molar refractivity (Wildman–Crippen MR) is 82.0 cm³/mol. The molecule has 2 fully saturated rings. The maximum atomic E-state index is 5.42. The van der Waals surface area contributed by atoms with Crippen molar-refractivity contribution in [3.05, 3.63) is 16.6 Å². The number of hydrogen-bond donors (Lipinski definition) is 0. The van der Waals surface area contributed by atoms with Gasteiger partial charge in [0.25, 0.3) is 0 Å². The van der Waals surface area contributed by atoms with Gasteiger partial charge < -0.3 is 4.74 Å². The summed E-state index contributed by atoms with van der Waals surface area (Å²) in [5.41, 5.74) is 3.19. The quantitative estimate of drug-likeness (QED) is 0.833.